The Morgan fingerprint density at radius 1 is 1.14 bits per heavy atom. The van der Waals surface area contributed by atoms with E-state index in [9.17, 15) is 0 Å². The quantitative estimate of drug-likeness (QED) is 0.301. The fourth-order valence-corrected chi connectivity index (χ4v) is 4.93. The third kappa shape index (κ3) is 5.24. The van der Waals surface area contributed by atoms with E-state index in [0.717, 1.165) is 20.2 Å². The van der Waals surface area contributed by atoms with Crippen LogP contribution >= 0.6 is 57.5 Å². The van der Waals surface area contributed by atoms with Gasteiger partial charge in [-0.15, -0.1) is 22.7 Å². The second-order valence-corrected chi connectivity index (χ2v) is 8.93. The molecule has 0 aliphatic heterocycles. The van der Waals surface area contributed by atoms with Gasteiger partial charge in [-0.3, -0.25) is 0 Å². The SMILES string of the molecule is CCOC(OCC)c1sc(=S)sc1CNc1ccc(I)cc1. The highest BCUT2D eigenvalue weighted by Gasteiger charge is 2.19. The highest BCUT2D eigenvalue weighted by molar-refractivity contribution is 14.1. The number of anilines is 1. The van der Waals surface area contributed by atoms with Crippen LogP contribution in [-0.2, 0) is 16.0 Å². The number of ether oxygens (including phenoxy) is 2. The molecule has 120 valence electrons. The Hall–Kier alpha value is -0.0600. The van der Waals surface area contributed by atoms with Crippen molar-refractivity contribution < 1.29 is 9.47 Å². The topological polar surface area (TPSA) is 30.5 Å². The van der Waals surface area contributed by atoms with Crippen LogP contribution in [0, 0.1) is 6.71 Å². The van der Waals surface area contributed by atoms with E-state index in [4.69, 9.17) is 21.7 Å². The third-order valence-corrected chi connectivity index (χ3v) is 6.27. The zero-order chi connectivity index (χ0) is 15.9. The van der Waals surface area contributed by atoms with E-state index in [1.54, 1.807) is 22.7 Å². The van der Waals surface area contributed by atoms with Gasteiger partial charge in [0.15, 0.2) is 6.29 Å². The predicted molar refractivity (Wildman–Crippen MR) is 106 cm³/mol. The Kier molecular flexibility index (Phi) is 7.72. The van der Waals surface area contributed by atoms with Crippen molar-refractivity contribution in [1.29, 1.82) is 0 Å². The molecule has 1 aromatic heterocycles. The van der Waals surface area contributed by atoms with Gasteiger partial charge in [0.05, 0.1) is 11.4 Å². The average molecular weight is 467 g/mol. The molecule has 0 spiro atoms. The van der Waals surface area contributed by atoms with Crippen molar-refractivity contribution in [2.75, 3.05) is 18.5 Å². The van der Waals surface area contributed by atoms with Crippen molar-refractivity contribution in [3.63, 3.8) is 0 Å². The Bertz CT molecular complexity index is 633. The molecule has 1 heterocycles. The van der Waals surface area contributed by atoms with E-state index in [1.807, 2.05) is 13.8 Å². The molecular weight excluding hydrogens is 449 g/mol. The Morgan fingerprint density at radius 3 is 2.36 bits per heavy atom. The molecule has 22 heavy (non-hydrogen) atoms. The van der Waals surface area contributed by atoms with E-state index in [0.29, 0.717) is 13.2 Å². The molecule has 2 rings (SSSR count). The van der Waals surface area contributed by atoms with Crippen molar-refractivity contribution in [2.24, 2.45) is 0 Å². The molecular formula is C15H18INO2S3. The molecule has 2 aromatic rings. The van der Waals surface area contributed by atoms with Crippen LogP contribution in [0.1, 0.15) is 29.9 Å². The van der Waals surface area contributed by atoms with Gasteiger partial charge in [-0.2, -0.15) is 0 Å². The molecule has 0 atom stereocenters. The molecule has 7 heteroatoms. The van der Waals surface area contributed by atoms with Gasteiger partial charge in [-0.1, -0.05) is 12.2 Å². The molecule has 1 N–H and O–H groups in total. The summed E-state index contributed by atoms with van der Waals surface area (Å²) < 4.78 is 13.5. The minimum Gasteiger partial charge on any atom is -0.380 e. The van der Waals surface area contributed by atoms with Gasteiger partial charge in [0, 0.05) is 27.3 Å². The van der Waals surface area contributed by atoms with Gasteiger partial charge in [0.2, 0.25) is 0 Å². The molecule has 0 saturated carbocycles. The number of hydrogen-bond acceptors (Lipinski definition) is 6. The summed E-state index contributed by atoms with van der Waals surface area (Å²) in [5.74, 6) is 0. The van der Waals surface area contributed by atoms with Crippen LogP contribution < -0.4 is 5.32 Å². The van der Waals surface area contributed by atoms with E-state index >= 15 is 0 Å². The van der Waals surface area contributed by atoms with Gasteiger partial charge in [0.1, 0.15) is 3.14 Å². The summed E-state index contributed by atoms with van der Waals surface area (Å²) in [5, 5.41) is 3.44. The monoisotopic (exact) mass is 467 g/mol. The average Bonchev–Trinajstić information content (AvgIpc) is 2.87. The first-order chi connectivity index (χ1) is 10.6. The third-order valence-electron chi connectivity index (χ3n) is 2.82. The molecule has 0 aliphatic carbocycles. The van der Waals surface area contributed by atoms with Gasteiger partial charge in [-0.05, 0) is 60.7 Å². The zero-order valence-electron chi connectivity index (χ0n) is 12.4. The maximum Gasteiger partial charge on any atom is 0.194 e. The van der Waals surface area contributed by atoms with Crippen LogP contribution in [0.15, 0.2) is 24.3 Å². The Balaban J connectivity index is 2.13. The highest BCUT2D eigenvalue weighted by atomic mass is 127. The molecule has 1 aromatic carbocycles. The van der Waals surface area contributed by atoms with Gasteiger partial charge in [-0.25, -0.2) is 0 Å². The van der Waals surface area contributed by atoms with Crippen molar-refractivity contribution >= 4 is 63.2 Å². The first kappa shape index (κ1) is 18.3. The van der Waals surface area contributed by atoms with Crippen molar-refractivity contribution in [3.05, 3.63) is 40.7 Å². The second kappa shape index (κ2) is 9.29. The molecule has 0 unspecified atom stereocenters. The lowest BCUT2D eigenvalue weighted by Gasteiger charge is -2.17. The van der Waals surface area contributed by atoms with Crippen molar-refractivity contribution in [2.45, 2.75) is 26.7 Å². The summed E-state index contributed by atoms with van der Waals surface area (Å²) in [6.45, 7) is 5.90. The first-order valence-corrected chi connectivity index (χ1v) is 10.1. The maximum absolute atomic E-state index is 5.71. The lowest BCUT2D eigenvalue weighted by molar-refractivity contribution is -0.138. The standard InChI is InChI=1S/C15H18INO2S3/c1-3-18-14(19-4-2)13-12(21-15(20)22-13)9-17-11-7-5-10(16)6-8-11/h5-8,14,17H,3-4,9H2,1-2H3. The van der Waals surface area contributed by atoms with E-state index in [-0.39, 0.29) is 6.29 Å². The van der Waals surface area contributed by atoms with E-state index in [1.165, 1.54) is 8.45 Å². The lowest BCUT2D eigenvalue weighted by atomic mass is 10.3. The van der Waals surface area contributed by atoms with E-state index < -0.39 is 0 Å². The van der Waals surface area contributed by atoms with Gasteiger partial charge >= 0.3 is 0 Å². The number of rotatable bonds is 8. The zero-order valence-corrected chi connectivity index (χ0v) is 17.0. The van der Waals surface area contributed by atoms with Crippen LogP contribution in [0.4, 0.5) is 5.69 Å². The number of nitrogens with one attached hydrogen (secondary N) is 1. The molecule has 0 fully saturated rings. The molecule has 0 amide bonds. The van der Waals surface area contributed by atoms with Gasteiger partial charge in [0.25, 0.3) is 0 Å². The minimum absolute atomic E-state index is 0.318. The summed E-state index contributed by atoms with van der Waals surface area (Å²) in [6, 6.07) is 8.33. The van der Waals surface area contributed by atoms with Crippen LogP contribution in [0.3, 0.4) is 0 Å². The van der Waals surface area contributed by atoms with E-state index in [2.05, 4.69) is 52.2 Å². The molecule has 0 radical (unpaired) electrons. The van der Waals surface area contributed by atoms with Crippen LogP contribution in [-0.4, -0.2) is 13.2 Å². The highest BCUT2D eigenvalue weighted by Crippen LogP contribution is 2.33. The summed E-state index contributed by atoms with van der Waals surface area (Å²) in [5.41, 5.74) is 1.10. The number of benzene rings is 1. The lowest BCUT2D eigenvalue weighted by Crippen LogP contribution is -2.10. The number of halogens is 1. The Labute approximate surface area is 157 Å². The fraction of sp³-hybridized carbons (Fsp3) is 0.400. The molecule has 0 aliphatic rings. The molecule has 0 bridgehead atoms. The molecule has 0 saturated heterocycles. The summed E-state index contributed by atoms with van der Waals surface area (Å²) in [7, 11) is 0. The molecule has 3 nitrogen and oxygen atoms in total. The number of hydrogen-bond donors (Lipinski definition) is 1. The normalized spacial score (nSPS) is 11.1. The summed E-state index contributed by atoms with van der Waals surface area (Å²) in [4.78, 5) is 2.26. The van der Waals surface area contributed by atoms with Crippen molar-refractivity contribution in [1.82, 2.24) is 0 Å². The minimum atomic E-state index is -0.318. The summed E-state index contributed by atoms with van der Waals surface area (Å²) in [6.07, 6.45) is -0.318. The predicted octanol–water partition coefficient (Wildman–Crippen LogP) is 5.83. The van der Waals surface area contributed by atoms with Crippen LogP contribution in [0.5, 0.6) is 0 Å². The first-order valence-electron chi connectivity index (χ1n) is 6.99. The maximum atomic E-state index is 5.71. The largest absolute Gasteiger partial charge is 0.380 e. The smallest absolute Gasteiger partial charge is 0.194 e. The second-order valence-electron chi connectivity index (χ2n) is 4.34. The van der Waals surface area contributed by atoms with Gasteiger partial charge < -0.3 is 14.8 Å². The van der Waals surface area contributed by atoms with Crippen molar-refractivity contribution in [3.8, 4) is 0 Å². The fourth-order valence-electron chi connectivity index (χ4n) is 1.87. The summed E-state index contributed by atoms with van der Waals surface area (Å²) >= 11 is 10.9. The van der Waals surface area contributed by atoms with Crippen LogP contribution in [0.2, 0.25) is 0 Å². The van der Waals surface area contributed by atoms with Crippen LogP contribution in [0.25, 0.3) is 0 Å². The Morgan fingerprint density at radius 2 is 1.77 bits per heavy atom.